The van der Waals surface area contributed by atoms with Crippen LogP contribution in [0.5, 0.6) is 0 Å². The van der Waals surface area contributed by atoms with Crippen LogP contribution in [0.3, 0.4) is 0 Å². The lowest BCUT2D eigenvalue weighted by Gasteiger charge is -2.16. The molecule has 5 heteroatoms. The summed E-state index contributed by atoms with van der Waals surface area (Å²) in [6.45, 7) is 1.76. The van der Waals surface area contributed by atoms with Gasteiger partial charge in [-0.05, 0) is 12.1 Å². The molecule has 0 spiro atoms. The highest BCUT2D eigenvalue weighted by molar-refractivity contribution is 14.1. The first kappa shape index (κ1) is 11.4. The third kappa shape index (κ3) is 2.18. The summed E-state index contributed by atoms with van der Waals surface area (Å²) in [6.07, 6.45) is 0. The summed E-state index contributed by atoms with van der Waals surface area (Å²) < 4.78 is 0.900. The lowest BCUT2D eigenvalue weighted by atomic mass is 10.1. The van der Waals surface area contributed by atoms with Gasteiger partial charge < -0.3 is 10.0 Å². The monoisotopic (exact) mass is 330 g/mol. The van der Waals surface area contributed by atoms with Gasteiger partial charge in [-0.25, -0.2) is 4.79 Å². The number of nitrogens with zero attached hydrogens (tertiary/aromatic N) is 2. The molecule has 4 nitrogen and oxygen atoms in total. The average Bonchev–Trinajstić information content (AvgIpc) is 2.77. The Kier molecular flexibility index (Phi) is 3.42. The summed E-state index contributed by atoms with van der Waals surface area (Å²) in [6, 6.07) is 6.85. The maximum Gasteiger partial charge on any atom is 0.335 e. The molecular formula is C11H11IN2O2. The number of rotatable bonds is 3. The van der Waals surface area contributed by atoms with Crippen molar-refractivity contribution in [1.82, 2.24) is 4.90 Å². The maximum atomic E-state index is 10.7. The molecule has 0 fully saturated rings. The largest absolute Gasteiger partial charge is 0.478 e. The van der Waals surface area contributed by atoms with Crippen LogP contribution in [0.4, 0.5) is 0 Å². The van der Waals surface area contributed by atoms with Crippen molar-refractivity contribution in [2.45, 2.75) is 0 Å². The highest BCUT2D eigenvalue weighted by Crippen LogP contribution is 2.13. The van der Waals surface area contributed by atoms with Gasteiger partial charge in [-0.3, -0.25) is 4.99 Å². The molecule has 1 aliphatic rings. The summed E-state index contributed by atoms with van der Waals surface area (Å²) >= 11 is 2.30. The summed E-state index contributed by atoms with van der Waals surface area (Å²) in [5.74, 6) is 0.0667. The smallest absolute Gasteiger partial charge is 0.335 e. The van der Waals surface area contributed by atoms with Crippen molar-refractivity contribution in [2.24, 2.45) is 4.99 Å². The van der Waals surface area contributed by atoms with Crippen molar-refractivity contribution in [2.75, 3.05) is 17.6 Å². The van der Waals surface area contributed by atoms with E-state index in [1.807, 2.05) is 12.1 Å². The van der Waals surface area contributed by atoms with E-state index < -0.39 is 5.97 Å². The summed E-state index contributed by atoms with van der Waals surface area (Å²) in [5, 5.41) is 8.80. The topological polar surface area (TPSA) is 52.9 Å². The Bertz CT molecular complexity index is 428. The van der Waals surface area contributed by atoms with Gasteiger partial charge in [0.15, 0.2) is 0 Å². The maximum absolute atomic E-state index is 10.7. The highest BCUT2D eigenvalue weighted by Gasteiger charge is 2.17. The van der Waals surface area contributed by atoms with Crippen molar-refractivity contribution in [3.63, 3.8) is 0 Å². The van der Waals surface area contributed by atoms with Crippen LogP contribution in [0, 0.1) is 0 Å². The van der Waals surface area contributed by atoms with Crippen molar-refractivity contribution in [1.29, 1.82) is 0 Å². The van der Waals surface area contributed by atoms with Gasteiger partial charge in [0.25, 0.3) is 0 Å². The minimum Gasteiger partial charge on any atom is -0.478 e. The minimum absolute atomic E-state index is 0.309. The molecule has 16 heavy (non-hydrogen) atoms. The van der Waals surface area contributed by atoms with E-state index in [0.717, 1.165) is 29.0 Å². The fourth-order valence-corrected chi connectivity index (χ4v) is 2.30. The number of hydrogen-bond donors (Lipinski definition) is 1. The molecule has 1 N–H and O–H groups in total. The van der Waals surface area contributed by atoms with E-state index in [4.69, 9.17) is 5.11 Å². The van der Waals surface area contributed by atoms with Crippen LogP contribution < -0.4 is 0 Å². The van der Waals surface area contributed by atoms with Gasteiger partial charge in [0.2, 0.25) is 0 Å². The quantitative estimate of drug-likeness (QED) is 0.523. The molecule has 1 aromatic rings. The number of amidine groups is 1. The Balaban J connectivity index is 2.25. The number of benzene rings is 1. The van der Waals surface area contributed by atoms with Crippen molar-refractivity contribution in [3.05, 3.63) is 35.4 Å². The predicted octanol–water partition coefficient (Wildman–Crippen LogP) is 1.84. The normalized spacial score (nSPS) is 15.1. The molecule has 0 aliphatic carbocycles. The van der Waals surface area contributed by atoms with E-state index in [-0.39, 0.29) is 0 Å². The molecule has 0 unspecified atom stereocenters. The van der Waals surface area contributed by atoms with Gasteiger partial charge in [-0.2, -0.15) is 0 Å². The zero-order valence-corrected chi connectivity index (χ0v) is 10.7. The van der Waals surface area contributed by atoms with E-state index in [2.05, 4.69) is 32.5 Å². The van der Waals surface area contributed by atoms with E-state index in [9.17, 15) is 4.79 Å². The first-order valence-electron chi connectivity index (χ1n) is 4.91. The Morgan fingerprint density at radius 3 is 2.69 bits per heavy atom. The molecule has 0 radical (unpaired) electrons. The molecule has 0 bridgehead atoms. The number of carboxylic acid groups (broad SMARTS) is 1. The molecule has 0 aromatic heterocycles. The van der Waals surface area contributed by atoms with E-state index >= 15 is 0 Å². The van der Waals surface area contributed by atoms with Gasteiger partial charge in [0, 0.05) is 12.1 Å². The van der Waals surface area contributed by atoms with Crippen molar-refractivity contribution in [3.8, 4) is 0 Å². The molecule has 0 saturated heterocycles. The Morgan fingerprint density at radius 1 is 1.44 bits per heavy atom. The molecule has 1 heterocycles. The predicted molar refractivity (Wildman–Crippen MR) is 70.4 cm³/mol. The number of aliphatic imine (C=N–C) groups is 1. The molecular weight excluding hydrogens is 319 g/mol. The number of halogens is 1. The highest BCUT2D eigenvalue weighted by atomic mass is 127. The van der Waals surface area contributed by atoms with E-state index in [1.165, 1.54) is 0 Å². The van der Waals surface area contributed by atoms with Gasteiger partial charge in [0.05, 0.1) is 16.7 Å². The van der Waals surface area contributed by atoms with Gasteiger partial charge in [0.1, 0.15) is 5.84 Å². The molecule has 0 saturated carbocycles. The average molecular weight is 330 g/mol. The lowest BCUT2D eigenvalue weighted by Crippen LogP contribution is -2.26. The molecule has 0 amide bonds. The third-order valence-corrected chi connectivity index (χ3v) is 3.29. The van der Waals surface area contributed by atoms with Crippen molar-refractivity contribution >= 4 is 34.4 Å². The van der Waals surface area contributed by atoms with Crippen molar-refractivity contribution < 1.29 is 9.90 Å². The number of alkyl halides is 1. The summed E-state index contributed by atoms with van der Waals surface area (Å²) in [5.41, 5.74) is 1.29. The van der Waals surface area contributed by atoms with Crippen LogP contribution in [-0.2, 0) is 0 Å². The van der Waals surface area contributed by atoms with E-state index in [1.54, 1.807) is 12.1 Å². The Hall–Kier alpha value is -1.11. The second-order valence-electron chi connectivity index (χ2n) is 3.47. The Labute approximate surface area is 107 Å². The zero-order chi connectivity index (χ0) is 11.5. The fourth-order valence-electron chi connectivity index (χ4n) is 1.63. The first-order valence-corrected chi connectivity index (χ1v) is 6.44. The fraction of sp³-hybridized carbons (Fsp3) is 0.273. The van der Waals surface area contributed by atoms with Crippen LogP contribution >= 0.6 is 22.6 Å². The van der Waals surface area contributed by atoms with Gasteiger partial charge in [-0.1, -0.05) is 34.7 Å². The number of hydrogen-bond acceptors (Lipinski definition) is 3. The lowest BCUT2D eigenvalue weighted by molar-refractivity contribution is 0.0697. The molecule has 1 aliphatic heterocycles. The summed E-state index contributed by atoms with van der Waals surface area (Å²) in [4.78, 5) is 17.3. The van der Waals surface area contributed by atoms with E-state index in [0.29, 0.717) is 5.56 Å². The number of carbonyl (C=O) groups is 1. The Morgan fingerprint density at radius 2 is 2.12 bits per heavy atom. The van der Waals surface area contributed by atoms with Crippen LogP contribution in [0.1, 0.15) is 15.9 Å². The minimum atomic E-state index is -0.898. The van der Waals surface area contributed by atoms with Gasteiger partial charge >= 0.3 is 5.97 Å². The first-order chi connectivity index (χ1) is 7.72. The van der Waals surface area contributed by atoms with Crippen LogP contribution in [0.2, 0.25) is 0 Å². The molecule has 84 valence electrons. The van der Waals surface area contributed by atoms with Crippen LogP contribution in [0.15, 0.2) is 29.3 Å². The van der Waals surface area contributed by atoms with Crippen LogP contribution in [0.25, 0.3) is 0 Å². The number of carboxylic acids is 1. The molecule has 1 aromatic carbocycles. The second kappa shape index (κ2) is 4.82. The standard InChI is InChI=1S/C11H11IN2O2/c12-7-14-6-5-13-10(14)8-1-3-9(4-2-8)11(15)16/h1-4H,5-7H2,(H,15,16). The van der Waals surface area contributed by atoms with Gasteiger partial charge in [-0.15, -0.1) is 0 Å². The second-order valence-corrected chi connectivity index (χ2v) is 4.15. The molecule has 2 rings (SSSR count). The zero-order valence-electron chi connectivity index (χ0n) is 8.56. The summed E-state index contributed by atoms with van der Waals surface area (Å²) in [7, 11) is 0. The molecule has 0 atom stereocenters. The van der Waals surface area contributed by atoms with Crippen LogP contribution in [-0.4, -0.2) is 39.5 Å². The third-order valence-electron chi connectivity index (χ3n) is 2.47. The SMILES string of the molecule is O=C(O)c1ccc(C2=NCCN2CI)cc1. The number of aromatic carboxylic acids is 1.